The normalized spacial score (nSPS) is 17.1. The van der Waals surface area contributed by atoms with E-state index < -0.39 is 17.7 Å². The Balaban J connectivity index is 2.48. The van der Waals surface area contributed by atoms with Crippen molar-refractivity contribution >= 4 is 27.6 Å². The van der Waals surface area contributed by atoms with Crippen LogP contribution in [-0.2, 0) is 4.79 Å². The van der Waals surface area contributed by atoms with Crippen LogP contribution in [0.4, 0.5) is 10.1 Å². The van der Waals surface area contributed by atoms with Crippen molar-refractivity contribution in [3.63, 3.8) is 0 Å². The molecule has 0 heterocycles. The molecule has 1 aromatic carbocycles. The van der Waals surface area contributed by atoms with Crippen molar-refractivity contribution in [2.75, 3.05) is 5.73 Å². The number of aliphatic carboxylic acids is 1. The largest absolute Gasteiger partial charge is 0.481 e. The van der Waals surface area contributed by atoms with Gasteiger partial charge in [0.25, 0.3) is 0 Å². The number of rotatable bonds is 3. The highest BCUT2D eigenvalue weighted by Crippen LogP contribution is 2.45. The molecular formula is C11H11BrFNO2. The van der Waals surface area contributed by atoms with Gasteiger partial charge in [-0.1, -0.05) is 0 Å². The van der Waals surface area contributed by atoms with Crippen LogP contribution in [0.5, 0.6) is 0 Å². The van der Waals surface area contributed by atoms with E-state index in [9.17, 15) is 9.18 Å². The predicted molar refractivity (Wildman–Crippen MR) is 61.6 cm³/mol. The van der Waals surface area contributed by atoms with Crippen LogP contribution in [0.1, 0.15) is 24.3 Å². The third-order valence-electron chi connectivity index (χ3n) is 2.82. The fourth-order valence-electron chi connectivity index (χ4n) is 1.88. The lowest BCUT2D eigenvalue weighted by Gasteiger charge is -2.15. The number of anilines is 1. The fourth-order valence-corrected chi connectivity index (χ4v) is 2.33. The zero-order valence-electron chi connectivity index (χ0n) is 8.41. The molecule has 3 N–H and O–H groups in total. The van der Waals surface area contributed by atoms with Crippen LogP contribution in [0.3, 0.4) is 0 Å². The zero-order valence-corrected chi connectivity index (χ0v) is 10.00. The first-order valence-electron chi connectivity index (χ1n) is 4.98. The summed E-state index contributed by atoms with van der Waals surface area (Å²) in [6.45, 7) is 0. The van der Waals surface area contributed by atoms with Crippen molar-refractivity contribution in [2.45, 2.75) is 18.8 Å². The molecule has 5 heteroatoms. The van der Waals surface area contributed by atoms with E-state index in [2.05, 4.69) is 15.9 Å². The lowest BCUT2D eigenvalue weighted by atomic mass is 9.93. The Morgan fingerprint density at radius 2 is 2.19 bits per heavy atom. The molecule has 0 radical (unpaired) electrons. The maximum atomic E-state index is 13.2. The van der Waals surface area contributed by atoms with Crippen LogP contribution in [0.15, 0.2) is 16.6 Å². The third-order valence-corrected chi connectivity index (χ3v) is 3.48. The summed E-state index contributed by atoms with van der Waals surface area (Å²) in [5.41, 5.74) is 6.48. The van der Waals surface area contributed by atoms with Gasteiger partial charge in [-0.3, -0.25) is 4.79 Å². The molecular weight excluding hydrogens is 277 g/mol. The fraction of sp³-hybridized carbons (Fsp3) is 0.364. The van der Waals surface area contributed by atoms with E-state index in [1.807, 2.05) is 0 Å². The van der Waals surface area contributed by atoms with Gasteiger partial charge in [-0.2, -0.15) is 0 Å². The van der Waals surface area contributed by atoms with E-state index in [0.717, 1.165) is 12.8 Å². The summed E-state index contributed by atoms with van der Waals surface area (Å²) in [6, 6.07) is 2.46. The number of benzene rings is 1. The number of nitrogens with two attached hydrogens (primary N) is 1. The Bertz CT molecular complexity index is 446. The molecule has 0 spiro atoms. The molecule has 86 valence electrons. The minimum atomic E-state index is -0.938. The quantitative estimate of drug-likeness (QED) is 0.841. The summed E-state index contributed by atoms with van der Waals surface area (Å²) in [6.07, 6.45) is 1.73. The summed E-state index contributed by atoms with van der Waals surface area (Å²) < 4.78 is 13.6. The van der Waals surface area contributed by atoms with Crippen LogP contribution in [0.25, 0.3) is 0 Å². The maximum Gasteiger partial charge on any atom is 0.311 e. The van der Waals surface area contributed by atoms with Gasteiger partial charge in [-0.15, -0.1) is 0 Å². The summed E-state index contributed by atoms with van der Waals surface area (Å²) in [5, 5.41) is 9.15. The minimum Gasteiger partial charge on any atom is -0.481 e. The van der Waals surface area contributed by atoms with E-state index in [1.54, 1.807) is 0 Å². The van der Waals surface area contributed by atoms with Gasteiger partial charge in [-0.05, 0) is 52.4 Å². The lowest BCUT2D eigenvalue weighted by Crippen LogP contribution is -2.16. The Morgan fingerprint density at radius 1 is 1.56 bits per heavy atom. The standard InChI is InChI=1S/C11H11BrFNO2/c12-8-4-6(13)3-7(10(8)14)9(11(15)16)5-1-2-5/h3-5,9H,1-2,14H2,(H,15,16). The molecule has 1 saturated carbocycles. The number of nitrogen functional groups attached to an aromatic ring is 1. The van der Waals surface area contributed by atoms with Crippen molar-refractivity contribution in [3.05, 3.63) is 28.0 Å². The molecule has 1 aliphatic rings. The van der Waals surface area contributed by atoms with E-state index in [4.69, 9.17) is 10.8 Å². The number of carbonyl (C=O) groups is 1. The summed E-state index contributed by atoms with van der Waals surface area (Å²) >= 11 is 3.13. The Kier molecular flexibility index (Phi) is 2.88. The van der Waals surface area contributed by atoms with Crippen molar-refractivity contribution in [1.82, 2.24) is 0 Å². The molecule has 1 unspecified atom stereocenters. The van der Waals surface area contributed by atoms with E-state index in [-0.39, 0.29) is 5.92 Å². The monoisotopic (exact) mass is 287 g/mol. The van der Waals surface area contributed by atoms with Crippen LogP contribution < -0.4 is 5.73 Å². The summed E-state index contributed by atoms with van der Waals surface area (Å²) in [5.74, 6) is -2.00. The first-order chi connectivity index (χ1) is 7.50. The average molecular weight is 288 g/mol. The number of carboxylic acids is 1. The molecule has 2 rings (SSSR count). The molecule has 0 bridgehead atoms. The molecule has 1 aromatic rings. The first kappa shape index (κ1) is 11.4. The van der Waals surface area contributed by atoms with Gasteiger partial charge in [0.05, 0.1) is 11.6 Å². The topological polar surface area (TPSA) is 63.3 Å². The van der Waals surface area contributed by atoms with Gasteiger partial charge in [0.15, 0.2) is 0 Å². The number of hydrogen-bond acceptors (Lipinski definition) is 2. The van der Waals surface area contributed by atoms with E-state index >= 15 is 0 Å². The van der Waals surface area contributed by atoms with E-state index in [0.29, 0.717) is 15.7 Å². The smallest absolute Gasteiger partial charge is 0.311 e. The Morgan fingerprint density at radius 3 is 2.69 bits per heavy atom. The maximum absolute atomic E-state index is 13.2. The third kappa shape index (κ3) is 2.04. The molecule has 3 nitrogen and oxygen atoms in total. The highest BCUT2D eigenvalue weighted by Gasteiger charge is 2.38. The second-order valence-corrected chi connectivity index (χ2v) is 4.90. The number of halogens is 2. The van der Waals surface area contributed by atoms with Crippen molar-refractivity contribution in [3.8, 4) is 0 Å². The molecule has 1 fully saturated rings. The SMILES string of the molecule is Nc1c(Br)cc(F)cc1C(C(=O)O)C1CC1. The minimum absolute atomic E-state index is 0.0912. The van der Waals surface area contributed by atoms with Gasteiger partial charge >= 0.3 is 5.97 Å². The summed E-state index contributed by atoms with van der Waals surface area (Å²) in [7, 11) is 0. The van der Waals surface area contributed by atoms with Crippen LogP contribution in [-0.4, -0.2) is 11.1 Å². The second-order valence-electron chi connectivity index (χ2n) is 4.04. The molecule has 0 saturated heterocycles. The predicted octanol–water partition coefficient (Wildman–Crippen LogP) is 2.75. The van der Waals surface area contributed by atoms with Crippen molar-refractivity contribution in [1.29, 1.82) is 0 Å². The first-order valence-corrected chi connectivity index (χ1v) is 5.77. The van der Waals surface area contributed by atoms with Crippen molar-refractivity contribution in [2.24, 2.45) is 5.92 Å². The van der Waals surface area contributed by atoms with Gasteiger partial charge in [-0.25, -0.2) is 4.39 Å². The molecule has 1 aliphatic carbocycles. The Labute approximate surface area is 101 Å². The van der Waals surface area contributed by atoms with Crippen molar-refractivity contribution < 1.29 is 14.3 Å². The van der Waals surface area contributed by atoms with Crippen LogP contribution in [0, 0.1) is 11.7 Å². The van der Waals surface area contributed by atoms with Gasteiger partial charge in [0.1, 0.15) is 5.82 Å². The number of carboxylic acid groups (broad SMARTS) is 1. The molecule has 0 amide bonds. The van der Waals surface area contributed by atoms with E-state index in [1.165, 1.54) is 12.1 Å². The van der Waals surface area contributed by atoms with Gasteiger partial charge < -0.3 is 10.8 Å². The lowest BCUT2D eigenvalue weighted by molar-refractivity contribution is -0.139. The molecule has 16 heavy (non-hydrogen) atoms. The van der Waals surface area contributed by atoms with Gasteiger partial charge in [0, 0.05) is 4.47 Å². The number of hydrogen-bond donors (Lipinski definition) is 2. The van der Waals surface area contributed by atoms with Gasteiger partial charge in [0.2, 0.25) is 0 Å². The van der Waals surface area contributed by atoms with Crippen LogP contribution in [0.2, 0.25) is 0 Å². The zero-order chi connectivity index (χ0) is 11.9. The average Bonchev–Trinajstić information content (AvgIpc) is 2.97. The molecule has 0 aromatic heterocycles. The molecule has 0 aliphatic heterocycles. The summed E-state index contributed by atoms with van der Waals surface area (Å²) in [4.78, 5) is 11.2. The van der Waals surface area contributed by atoms with Crippen LogP contribution >= 0.6 is 15.9 Å². The highest BCUT2D eigenvalue weighted by molar-refractivity contribution is 9.10. The second kappa shape index (κ2) is 4.05. The Hall–Kier alpha value is -1.10. The highest BCUT2D eigenvalue weighted by atomic mass is 79.9. The molecule has 1 atom stereocenters.